The van der Waals surface area contributed by atoms with E-state index in [0.29, 0.717) is 17.6 Å². The molecule has 0 aliphatic carbocycles. The maximum absolute atomic E-state index is 12.0. The second-order valence-corrected chi connectivity index (χ2v) is 4.00. The number of benzene rings is 1. The molecule has 0 saturated heterocycles. The Morgan fingerprint density at radius 1 is 0.905 bits per heavy atom. The minimum absolute atomic E-state index is 0.153. The monoisotopic (exact) mass is 299 g/mol. The van der Waals surface area contributed by atoms with Crippen molar-refractivity contribution >= 4 is 5.97 Å². The van der Waals surface area contributed by atoms with Crippen molar-refractivity contribution < 1.29 is 33.5 Å². The van der Waals surface area contributed by atoms with Crippen LogP contribution in [0, 0.1) is 6.10 Å². The highest BCUT2D eigenvalue weighted by atomic mass is 17.2. The summed E-state index contributed by atoms with van der Waals surface area (Å²) in [6, 6.07) is 2.98. The summed E-state index contributed by atoms with van der Waals surface area (Å²) in [5, 5.41) is 0. The Hall–Kier alpha value is -1.99. The van der Waals surface area contributed by atoms with Gasteiger partial charge in [0.1, 0.15) is 11.3 Å². The second kappa shape index (κ2) is 8.33. The SMILES string of the molecule is COC[C](C)OOC(=O)c1cc(OC)c(OC)cc1OC. The van der Waals surface area contributed by atoms with Crippen LogP contribution < -0.4 is 14.2 Å². The van der Waals surface area contributed by atoms with E-state index in [1.54, 1.807) is 6.92 Å². The molecule has 21 heavy (non-hydrogen) atoms. The molecule has 0 saturated carbocycles. The molecule has 1 aromatic rings. The van der Waals surface area contributed by atoms with Crippen LogP contribution in [0.5, 0.6) is 17.2 Å². The van der Waals surface area contributed by atoms with Gasteiger partial charge in [-0.25, -0.2) is 4.79 Å². The van der Waals surface area contributed by atoms with E-state index in [-0.39, 0.29) is 17.9 Å². The van der Waals surface area contributed by atoms with Crippen molar-refractivity contribution in [2.45, 2.75) is 6.92 Å². The van der Waals surface area contributed by atoms with Gasteiger partial charge in [-0.1, -0.05) is 0 Å². The van der Waals surface area contributed by atoms with Crippen molar-refractivity contribution in [2.24, 2.45) is 0 Å². The van der Waals surface area contributed by atoms with E-state index < -0.39 is 5.97 Å². The van der Waals surface area contributed by atoms with Crippen LogP contribution in [0.1, 0.15) is 17.3 Å². The molecule has 0 aromatic heterocycles. The number of carbonyl (C=O) groups is 1. The van der Waals surface area contributed by atoms with E-state index in [9.17, 15) is 4.79 Å². The van der Waals surface area contributed by atoms with Gasteiger partial charge >= 0.3 is 5.97 Å². The van der Waals surface area contributed by atoms with Crippen molar-refractivity contribution in [1.82, 2.24) is 0 Å². The lowest BCUT2D eigenvalue weighted by molar-refractivity contribution is -0.237. The van der Waals surface area contributed by atoms with Crippen LogP contribution >= 0.6 is 0 Å². The molecule has 0 amide bonds. The molecule has 7 heteroatoms. The Morgan fingerprint density at radius 2 is 1.48 bits per heavy atom. The average Bonchev–Trinajstić information content (AvgIpc) is 2.51. The molecule has 0 aliphatic rings. The van der Waals surface area contributed by atoms with Gasteiger partial charge in [0.15, 0.2) is 17.6 Å². The molecular formula is C14H19O7. The third-order valence-electron chi connectivity index (χ3n) is 2.53. The van der Waals surface area contributed by atoms with Gasteiger partial charge in [0, 0.05) is 19.2 Å². The second-order valence-electron chi connectivity index (χ2n) is 4.00. The van der Waals surface area contributed by atoms with Crippen LogP contribution in [0.4, 0.5) is 0 Å². The molecule has 7 nitrogen and oxygen atoms in total. The van der Waals surface area contributed by atoms with Crippen LogP contribution in [-0.2, 0) is 14.5 Å². The summed E-state index contributed by atoms with van der Waals surface area (Å²) in [4.78, 5) is 21.6. The number of carbonyl (C=O) groups excluding carboxylic acids is 1. The number of hydrogen-bond donors (Lipinski definition) is 0. The van der Waals surface area contributed by atoms with Gasteiger partial charge in [-0.15, -0.1) is 0 Å². The first-order valence-electron chi connectivity index (χ1n) is 6.07. The predicted molar refractivity (Wildman–Crippen MR) is 73.4 cm³/mol. The predicted octanol–water partition coefficient (Wildman–Crippen LogP) is 2.00. The van der Waals surface area contributed by atoms with Crippen molar-refractivity contribution in [3.63, 3.8) is 0 Å². The third kappa shape index (κ3) is 4.51. The highest BCUT2D eigenvalue weighted by Gasteiger charge is 2.20. The van der Waals surface area contributed by atoms with Gasteiger partial charge in [-0.05, 0) is 6.92 Å². The first-order valence-corrected chi connectivity index (χ1v) is 6.07. The molecule has 1 aromatic carbocycles. The van der Waals surface area contributed by atoms with Gasteiger partial charge in [0.25, 0.3) is 0 Å². The molecule has 1 rings (SSSR count). The van der Waals surface area contributed by atoms with Crippen molar-refractivity contribution in [1.29, 1.82) is 0 Å². The quantitative estimate of drug-likeness (QED) is 0.537. The molecule has 117 valence electrons. The summed E-state index contributed by atoms with van der Waals surface area (Å²) < 4.78 is 20.2. The Balaban J connectivity index is 2.92. The molecule has 0 unspecified atom stereocenters. The molecule has 0 bridgehead atoms. The van der Waals surface area contributed by atoms with E-state index >= 15 is 0 Å². The van der Waals surface area contributed by atoms with Crippen LogP contribution in [0.25, 0.3) is 0 Å². The number of ether oxygens (including phenoxy) is 4. The third-order valence-corrected chi connectivity index (χ3v) is 2.53. The normalized spacial score (nSPS) is 10.4. The van der Waals surface area contributed by atoms with Gasteiger partial charge in [0.05, 0.1) is 27.9 Å². The first kappa shape index (κ1) is 17.1. The van der Waals surface area contributed by atoms with E-state index in [1.165, 1.54) is 40.6 Å². The Bertz CT molecular complexity index is 473. The Labute approximate surface area is 123 Å². The zero-order valence-corrected chi connectivity index (χ0v) is 12.7. The molecule has 0 spiro atoms. The highest BCUT2D eigenvalue weighted by Crippen LogP contribution is 2.35. The summed E-state index contributed by atoms with van der Waals surface area (Å²) in [6.07, 6.45) is 0.408. The molecule has 1 radical (unpaired) electrons. The lowest BCUT2D eigenvalue weighted by Gasteiger charge is -2.14. The first-order chi connectivity index (χ1) is 10.1. The minimum Gasteiger partial charge on any atom is -0.496 e. The van der Waals surface area contributed by atoms with Crippen LogP contribution in [0.3, 0.4) is 0 Å². The maximum atomic E-state index is 12.0. The summed E-state index contributed by atoms with van der Waals surface area (Å²) in [6.45, 7) is 1.85. The van der Waals surface area contributed by atoms with Gasteiger partial charge < -0.3 is 18.9 Å². The Morgan fingerprint density at radius 3 is 2.00 bits per heavy atom. The van der Waals surface area contributed by atoms with Crippen molar-refractivity contribution in [2.75, 3.05) is 35.0 Å². The topological polar surface area (TPSA) is 72.5 Å². The molecule has 0 aliphatic heterocycles. The molecule has 0 heterocycles. The summed E-state index contributed by atoms with van der Waals surface area (Å²) in [5.74, 6) is 0.380. The number of rotatable bonds is 8. The smallest absolute Gasteiger partial charge is 0.376 e. The average molecular weight is 299 g/mol. The van der Waals surface area contributed by atoms with E-state index in [4.69, 9.17) is 28.7 Å². The van der Waals surface area contributed by atoms with Gasteiger partial charge in [-0.3, -0.25) is 4.89 Å². The zero-order valence-electron chi connectivity index (χ0n) is 12.7. The van der Waals surface area contributed by atoms with Crippen molar-refractivity contribution in [3.05, 3.63) is 23.8 Å². The van der Waals surface area contributed by atoms with E-state index in [1.807, 2.05) is 0 Å². The number of methoxy groups -OCH3 is 4. The minimum atomic E-state index is -0.719. The van der Waals surface area contributed by atoms with E-state index in [2.05, 4.69) is 0 Å². The molecule has 0 N–H and O–H groups in total. The molecule has 0 fully saturated rings. The lowest BCUT2D eigenvalue weighted by atomic mass is 10.1. The van der Waals surface area contributed by atoms with Gasteiger partial charge in [-0.2, -0.15) is 4.89 Å². The van der Waals surface area contributed by atoms with Crippen molar-refractivity contribution in [3.8, 4) is 17.2 Å². The molecular weight excluding hydrogens is 280 g/mol. The van der Waals surface area contributed by atoms with Crippen LogP contribution in [0.2, 0.25) is 0 Å². The van der Waals surface area contributed by atoms with Crippen LogP contribution in [0.15, 0.2) is 12.1 Å². The standard InChI is InChI=1S/C14H19O7/c1-9(8-16-2)20-21-14(15)10-6-12(18-4)13(19-5)7-11(10)17-3/h6-7H,8H2,1-5H3. The number of hydrogen-bond acceptors (Lipinski definition) is 7. The Kier molecular flexibility index (Phi) is 6.77. The fourth-order valence-corrected chi connectivity index (χ4v) is 1.57. The van der Waals surface area contributed by atoms with Crippen LogP contribution in [-0.4, -0.2) is 41.0 Å². The maximum Gasteiger partial charge on any atom is 0.376 e. The summed E-state index contributed by atoms with van der Waals surface area (Å²) >= 11 is 0. The summed E-state index contributed by atoms with van der Waals surface area (Å²) in [7, 11) is 5.89. The lowest BCUT2D eigenvalue weighted by Crippen LogP contribution is -2.13. The largest absolute Gasteiger partial charge is 0.496 e. The highest BCUT2D eigenvalue weighted by molar-refractivity contribution is 5.93. The van der Waals surface area contributed by atoms with E-state index in [0.717, 1.165) is 0 Å². The summed E-state index contributed by atoms with van der Waals surface area (Å²) in [5.41, 5.74) is 0.153. The fourth-order valence-electron chi connectivity index (χ4n) is 1.57. The van der Waals surface area contributed by atoms with Gasteiger partial charge in [0.2, 0.25) is 0 Å². The fraction of sp³-hybridized carbons (Fsp3) is 0.429. The molecule has 0 atom stereocenters. The zero-order chi connectivity index (χ0) is 15.8.